The molecule has 1 rings (SSSR count). The average Bonchev–Trinajstić information content (AvgIpc) is 2.18. The molecule has 0 bridgehead atoms. The molecule has 1 amide bonds. The van der Waals surface area contributed by atoms with Crippen LogP contribution < -0.4 is 5.32 Å². The molecular weight excluding hydrogens is 202 g/mol. The van der Waals surface area contributed by atoms with E-state index in [0.29, 0.717) is 12.3 Å². The first-order chi connectivity index (χ1) is 6.72. The summed E-state index contributed by atoms with van der Waals surface area (Å²) < 4.78 is 0. The van der Waals surface area contributed by atoms with Gasteiger partial charge in [0.05, 0.1) is 6.10 Å². The third-order valence-corrected chi connectivity index (χ3v) is 2.87. The van der Waals surface area contributed by atoms with E-state index in [0.717, 1.165) is 32.1 Å². The van der Waals surface area contributed by atoms with Gasteiger partial charge in [0.15, 0.2) is 0 Å². The molecule has 1 aliphatic carbocycles. The number of amides is 1. The molecular formula is C10H18ClNO2. The maximum absolute atomic E-state index is 11.3. The Morgan fingerprint density at radius 1 is 1.36 bits per heavy atom. The van der Waals surface area contributed by atoms with Crippen molar-refractivity contribution in [2.45, 2.75) is 50.7 Å². The highest BCUT2D eigenvalue weighted by atomic mass is 35.5. The van der Waals surface area contributed by atoms with Crippen molar-refractivity contribution < 1.29 is 9.90 Å². The molecule has 1 aliphatic rings. The predicted octanol–water partition coefficient (Wildman–Crippen LogP) is 1.43. The van der Waals surface area contributed by atoms with E-state index in [-0.39, 0.29) is 18.1 Å². The summed E-state index contributed by atoms with van der Waals surface area (Å²) in [5, 5.41) is 12.2. The second kappa shape index (κ2) is 6.25. The number of aliphatic hydroxyl groups excluding tert-OH is 1. The molecule has 0 aromatic carbocycles. The van der Waals surface area contributed by atoms with Crippen LogP contribution in [0.1, 0.15) is 38.5 Å². The highest BCUT2D eigenvalue weighted by Gasteiger charge is 2.20. The molecule has 0 unspecified atom stereocenters. The Hall–Kier alpha value is -0.280. The third kappa shape index (κ3) is 4.29. The van der Waals surface area contributed by atoms with E-state index in [1.165, 1.54) is 0 Å². The number of halogens is 1. The number of carbonyl (C=O) groups excluding carboxylic acids is 1. The maximum atomic E-state index is 11.3. The van der Waals surface area contributed by atoms with Gasteiger partial charge >= 0.3 is 0 Å². The summed E-state index contributed by atoms with van der Waals surface area (Å²) in [6, 6.07) is 0.265. The SMILES string of the molecule is O=C(CCCCl)NC1CCC(O)CC1. The van der Waals surface area contributed by atoms with Crippen LogP contribution in [0.15, 0.2) is 0 Å². The molecule has 0 atom stereocenters. The third-order valence-electron chi connectivity index (χ3n) is 2.60. The van der Waals surface area contributed by atoms with Gasteiger partial charge in [0.1, 0.15) is 0 Å². The molecule has 0 radical (unpaired) electrons. The average molecular weight is 220 g/mol. The van der Waals surface area contributed by atoms with Crippen LogP contribution >= 0.6 is 11.6 Å². The van der Waals surface area contributed by atoms with Crippen molar-refractivity contribution in [1.82, 2.24) is 5.32 Å². The number of hydrogen-bond acceptors (Lipinski definition) is 2. The molecule has 0 aliphatic heterocycles. The zero-order valence-electron chi connectivity index (χ0n) is 8.34. The highest BCUT2D eigenvalue weighted by molar-refractivity contribution is 6.17. The van der Waals surface area contributed by atoms with E-state index in [9.17, 15) is 9.90 Å². The molecule has 2 N–H and O–H groups in total. The van der Waals surface area contributed by atoms with Crippen molar-refractivity contribution in [3.63, 3.8) is 0 Å². The molecule has 82 valence electrons. The molecule has 14 heavy (non-hydrogen) atoms. The quantitative estimate of drug-likeness (QED) is 0.703. The number of aliphatic hydroxyl groups is 1. The smallest absolute Gasteiger partial charge is 0.220 e. The first-order valence-corrected chi connectivity index (χ1v) is 5.79. The van der Waals surface area contributed by atoms with Crippen LogP contribution in [0.4, 0.5) is 0 Å². The van der Waals surface area contributed by atoms with Gasteiger partial charge in [0.2, 0.25) is 5.91 Å². The van der Waals surface area contributed by atoms with E-state index in [2.05, 4.69) is 5.32 Å². The Balaban J connectivity index is 2.14. The molecule has 0 aromatic rings. The van der Waals surface area contributed by atoms with Gasteiger partial charge in [-0.25, -0.2) is 0 Å². The molecule has 1 saturated carbocycles. The Bertz CT molecular complexity index is 179. The van der Waals surface area contributed by atoms with Crippen LogP contribution in [0.5, 0.6) is 0 Å². The summed E-state index contributed by atoms with van der Waals surface area (Å²) in [4.78, 5) is 11.3. The van der Waals surface area contributed by atoms with Gasteiger partial charge in [-0.05, 0) is 32.1 Å². The Kier molecular flexibility index (Phi) is 5.26. The fourth-order valence-corrected chi connectivity index (χ4v) is 1.88. The van der Waals surface area contributed by atoms with Crippen LogP contribution in [-0.2, 0) is 4.79 Å². The number of carbonyl (C=O) groups is 1. The molecule has 0 saturated heterocycles. The normalized spacial score (nSPS) is 27.3. The predicted molar refractivity (Wildman–Crippen MR) is 56.4 cm³/mol. The zero-order chi connectivity index (χ0) is 10.4. The molecule has 4 heteroatoms. The summed E-state index contributed by atoms with van der Waals surface area (Å²) in [5.41, 5.74) is 0. The van der Waals surface area contributed by atoms with Gasteiger partial charge in [-0.15, -0.1) is 11.6 Å². The van der Waals surface area contributed by atoms with Crippen molar-refractivity contribution in [1.29, 1.82) is 0 Å². The van der Waals surface area contributed by atoms with Gasteiger partial charge < -0.3 is 10.4 Å². The number of nitrogens with one attached hydrogen (secondary N) is 1. The van der Waals surface area contributed by atoms with Gasteiger partial charge in [-0.2, -0.15) is 0 Å². The molecule has 1 fully saturated rings. The van der Waals surface area contributed by atoms with Crippen LogP contribution in [0.2, 0.25) is 0 Å². The summed E-state index contributed by atoms with van der Waals surface area (Å²) in [7, 11) is 0. The minimum absolute atomic E-state index is 0.0899. The zero-order valence-corrected chi connectivity index (χ0v) is 9.09. The second-order valence-corrected chi connectivity index (χ2v) is 4.24. The van der Waals surface area contributed by atoms with Gasteiger partial charge in [-0.1, -0.05) is 0 Å². The van der Waals surface area contributed by atoms with Crippen LogP contribution in [0, 0.1) is 0 Å². The van der Waals surface area contributed by atoms with E-state index >= 15 is 0 Å². The van der Waals surface area contributed by atoms with Crippen molar-refractivity contribution >= 4 is 17.5 Å². The lowest BCUT2D eigenvalue weighted by Crippen LogP contribution is -2.38. The van der Waals surface area contributed by atoms with Crippen LogP contribution in [0.25, 0.3) is 0 Å². The van der Waals surface area contributed by atoms with Gasteiger partial charge in [-0.3, -0.25) is 4.79 Å². The molecule has 0 heterocycles. The molecule has 0 aromatic heterocycles. The lowest BCUT2D eigenvalue weighted by Gasteiger charge is -2.26. The van der Waals surface area contributed by atoms with Crippen LogP contribution in [-0.4, -0.2) is 29.0 Å². The fraction of sp³-hybridized carbons (Fsp3) is 0.900. The summed E-state index contributed by atoms with van der Waals surface area (Å²) in [6.07, 6.45) is 4.50. The monoisotopic (exact) mass is 219 g/mol. The Morgan fingerprint density at radius 3 is 2.57 bits per heavy atom. The van der Waals surface area contributed by atoms with E-state index in [4.69, 9.17) is 11.6 Å². The van der Waals surface area contributed by atoms with Crippen molar-refractivity contribution in [2.75, 3.05) is 5.88 Å². The summed E-state index contributed by atoms with van der Waals surface area (Å²) in [5.74, 6) is 0.628. The summed E-state index contributed by atoms with van der Waals surface area (Å²) in [6.45, 7) is 0. The Morgan fingerprint density at radius 2 is 2.00 bits per heavy atom. The van der Waals surface area contributed by atoms with Crippen molar-refractivity contribution in [3.8, 4) is 0 Å². The van der Waals surface area contributed by atoms with Crippen molar-refractivity contribution in [2.24, 2.45) is 0 Å². The molecule has 0 spiro atoms. The van der Waals surface area contributed by atoms with Crippen molar-refractivity contribution in [3.05, 3.63) is 0 Å². The number of hydrogen-bond donors (Lipinski definition) is 2. The minimum Gasteiger partial charge on any atom is -0.393 e. The van der Waals surface area contributed by atoms with Gasteiger partial charge in [0.25, 0.3) is 0 Å². The fourth-order valence-electron chi connectivity index (χ4n) is 1.75. The highest BCUT2D eigenvalue weighted by Crippen LogP contribution is 2.18. The Labute approximate surface area is 89.8 Å². The van der Waals surface area contributed by atoms with Crippen LogP contribution in [0.3, 0.4) is 0 Å². The summed E-state index contributed by atoms with van der Waals surface area (Å²) >= 11 is 5.49. The maximum Gasteiger partial charge on any atom is 0.220 e. The first-order valence-electron chi connectivity index (χ1n) is 5.25. The van der Waals surface area contributed by atoms with E-state index < -0.39 is 0 Å². The lowest BCUT2D eigenvalue weighted by molar-refractivity contribution is -0.122. The second-order valence-electron chi connectivity index (χ2n) is 3.87. The number of alkyl halides is 1. The van der Waals surface area contributed by atoms with E-state index in [1.807, 2.05) is 0 Å². The lowest BCUT2D eigenvalue weighted by atomic mass is 9.93. The van der Waals surface area contributed by atoms with E-state index in [1.54, 1.807) is 0 Å². The standard InChI is InChI=1S/C10H18ClNO2/c11-7-1-2-10(14)12-8-3-5-9(13)6-4-8/h8-9,13H,1-7H2,(H,12,14). The topological polar surface area (TPSA) is 49.3 Å². The largest absolute Gasteiger partial charge is 0.393 e. The first kappa shape index (κ1) is 11.8. The minimum atomic E-state index is -0.161. The molecule has 3 nitrogen and oxygen atoms in total. The number of rotatable bonds is 4. The van der Waals surface area contributed by atoms with Gasteiger partial charge in [0, 0.05) is 18.3 Å².